The molecule has 0 atom stereocenters. The van der Waals surface area contributed by atoms with Crippen LogP contribution in [0.15, 0.2) is 71.9 Å². The van der Waals surface area contributed by atoms with E-state index >= 15 is 0 Å². The topological polar surface area (TPSA) is 44.2 Å². The minimum atomic E-state index is 0.455. The van der Waals surface area contributed by atoms with Crippen molar-refractivity contribution in [3.05, 3.63) is 66.7 Å². The van der Waals surface area contributed by atoms with Gasteiger partial charge in [0, 0.05) is 0 Å². The van der Waals surface area contributed by atoms with Crippen molar-refractivity contribution in [1.82, 2.24) is 9.97 Å². The van der Waals surface area contributed by atoms with E-state index in [1.807, 2.05) is 66.9 Å². The summed E-state index contributed by atoms with van der Waals surface area (Å²) in [7, 11) is 0. The molecule has 0 N–H and O–H groups in total. The Morgan fingerprint density at radius 1 is 0.727 bits per heavy atom. The van der Waals surface area contributed by atoms with Gasteiger partial charge < -0.3 is 9.47 Å². The Bertz CT molecular complexity index is 676. The summed E-state index contributed by atoms with van der Waals surface area (Å²) in [6.07, 6.45) is 1.91. The third-order valence-electron chi connectivity index (χ3n) is 2.77. The number of thioether (sulfide) groups is 1. The summed E-state index contributed by atoms with van der Waals surface area (Å²) in [5, 5.41) is 0.597. The van der Waals surface area contributed by atoms with Crippen LogP contribution in [0.25, 0.3) is 0 Å². The van der Waals surface area contributed by atoms with Crippen molar-refractivity contribution in [2.24, 2.45) is 0 Å². The smallest absolute Gasteiger partial charge is 0.227 e. The zero-order valence-electron chi connectivity index (χ0n) is 12.0. The lowest BCUT2D eigenvalue weighted by molar-refractivity contribution is 0.424. The van der Waals surface area contributed by atoms with E-state index in [1.54, 1.807) is 6.07 Å². The number of benzene rings is 2. The summed E-state index contributed by atoms with van der Waals surface area (Å²) < 4.78 is 11.5. The molecule has 0 aliphatic heterocycles. The first-order valence-corrected chi connectivity index (χ1v) is 7.95. The van der Waals surface area contributed by atoms with E-state index in [-0.39, 0.29) is 0 Å². The van der Waals surface area contributed by atoms with Crippen LogP contribution in [0.1, 0.15) is 0 Å². The molecule has 22 heavy (non-hydrogen) atoms. The van der Waals surface area contributed by atoms with Gasteiger partial charge in [0.15, 0.2) is 5.16 Å². The van der Waals surface area contributed by atoms with Crippen LogP contribution in [-0.2, 0) is 0 Å². The highest BCUT2D eigenvalue weighted by Gasteiger charge is 2.08. The summed E-state index contributed by atoms with van der Waals surface area (Å²) in [6.45, 7) is 0. The molecular formula is C17H14N2O2S. The summed E-state index contributed by atoms with van der Waals surface area (Å²) in [5.74, 6) is 2.35. The third-order valence-corrected chi connectivity index (χ3v) is 3.32. The molecular weight excluding hydrogens is 296 g/mol. The van der Waals surface area contributed by atoms with Gasteiger partial charge in [-0.25, -0.2) is 0 Å². The number of ether oxygens (including phenoxy) is 2. The highest BCUT2D eigenvalue weighted by Crippen LogP contribution is 2.27. The summed E-state index contributed by atoms with van der Waals surface area (Å²) in [5.41, 5.74) is 0. The summed E-state index contributed by atoms with van der Waals surface area (Å²) in [4.78, 5) is 8.68. The van der Waals surface area contributed by atoms with Crippen LogP contribution in [0.2, 0.25) is 0 Å². The van der Waals surface area contributed by atoms with Gasteiger partial charge in [0.2, 0.25) is 11.8 Å². The Kier molecular flexibility index (Phi) is 4.56. The lowest BCUT2D eigenvalue weighted by atomic mass is 10.3. The molecule has 0 aliphatic carbocycles. The van der Waals surface area contributed by atoms with E-state index in [0.717, 1.165) is 11.5 Å². The van der Waals surface area contributed by atoms with Crippen LogP contribution in [0, 0.1) is 0 Å². The second-order valence-corrected chi connectivity index (χ2v) is 5.13. The molecule has 4 nitrogen and oxygen atoms in total. The van der Waals surface area contributed by atoms with E-state index in [2.05, 4.69) is 9.97 Å². The quantitative estimate of drug-likeness (QED) is 0.501. The average Bonchev–Trinajstić information content (AvgIpc) is 2.56. The molecule has 5 heteroatoms. The van der Waals surface area contributed by atoms with Crippen LogP contribution in [0.5, 0.6) is 23.3 Å². The fraction of sp³-hybridized carbons (Fsp3) is 0.0588. The Labute approximate surface area is 133 Å². The lowest BCUT2D eigenvalue weighted by Crippen LogP contribution is -1.95. The summed E-state index contributed by atoms with van der Waals surface area (Å²) in [6, 6.07) is 20.7. The van der Waals surface area contributed by atoms with E-state index in [4.69, 9.17) is 9.47 Å². The van der Waals surface area contributed by atoms with Crippen molar-refractivity contribution in [2.75, 3.05) is 6.26 Å². The molecule has 0 bridgehead atoms. The van der Waals surface area contributed by atoms with Crippen LogP contribution in [0.3, 0.4) is 0 Å². The average molecular weight is 310 g/mol. The monoisotopic (exact) mass is 310 g/mol. The molecule has 0 unspecified atom stereocenters. The van der Waals surface area contributed by atoms with E-state index in [0.29, 0.717) is 16.9 Å². The summed E-state index contributed by atoms with van der Waals surface area (Å²) >= 11 is 1.44. The Morgan fingerprint density at radius 3 is 1.59 bits per heavy atom. The first kappa shape index (κ1) is 14.4. The SMILES string of the molecule is CSc1nc(Oc2ccccc2)cc(Oc2ccccc2)n1. The molecule has 0 radical (unpaired) electrons. The van der Waals surface area contributed by atoms with Crippen molar-refractivity contribution >= 4 is 11.8 Å². The molecule has 2 aromatic carbocycles. The van der Waals surface area contributed by atoms with Crippen molar-refractivity contribution in [1.29, 1.82) is 0 Å². The molecule has 0 amide bonds. The second kappa shape index (κ2) is 6.95. The van der Waals surface area contributed by atoms with Crippen LogP contribution < -0.4 is 9.47 Å². The van der Waals surface area contributed by atoms with Gasteiger partial charge in [0.1, 0.15) is 11.5 Å². The van der Waals surface area contributed by atoms with E-state index < -0.39 is 0 Å². The number of nitrogens with zero attached hydrogens (tertiary/aromatic N) is 2. The minimum Gasteiger partial charge on any atom is -0.439 e. The first-order chi connectivity index (χ1) is 10.8. The lowest BCUT2D eigenvalue weighted by Gasteiger charge is -2.09. The fourth-order valence-electron chi connectivity index (χ4n) is 1.80. The van der Waals surface area contributed by atoms with Gasteiger partial charge in [-0.1, -0.05) is 48.2 Å². The fourth-order valence-corrected chi connectivity index (χ4v) is 2.16. The Hall–Kier alpha value is -2.53. The van der Waals surface area contributed by atoms with Gasteiger partial charge in [-0.05, 0) is 30.5 Å². The molecule has 3 rings (SSSR count). The third kappa shape index (κ3) is 3.77. The number of rotatable bonds is 5. The van der Waals surface area contributed by atoms with Gasteiger partial charge in [-0.3, -0.25) is 0 Å². The van der Waals surface area contributed by atoms with Gasteiger partial charge >= 0.3 is 0 Å². The Balaban J connectivity index is 1.86. The van der Waals surface area contributed by atoms with Crippen LogP contribution in [-0.4, -0.2) is 16.2 Å². The number of para-hydroxylation sites is 2. The normalized spacial score (nSPS) is 10.2. The van der Waals surface area contributed by atoms with Gasteiger partial charge in [0.05, 0.1) is 6.07 Å². The standard InChI is InChI=1S/C17H14N2O2S/c1-22-17-18-15(20-13-8-4-2-5-9-13)12-16(19-17)21-14-10-6-3-7-11-14/h2-12H,1H3. The van der Waals surface area contributed by atoms with E-state index in [9.17, 15) is 0 Å². The molecule has 1 aromatic heterocycles. The molecule has 0 saturated heterocycles. The molecule has 3 aromatic rings. The molecule has 0 saturated carbocycles. The predicted octanol–water partition coefficient (Wildman–Crippen LogP) is 4.78. The van der Waals surface area contributed by atoms with Crippen LogP contribution in [0.4, 0.5) is 0 Å². The molecule has 0 fully saturated rings. The zero-order valence-corrected chi connectivity index (χ0v) is 12.8. The van der Waals surface area contributed by atoms with Gasteiger partial charge in [-0.2, -0.15) is 9.97 Å². The van der Waals surface area contributed by atoms with Crippen molar-refractivity contribution in [3.63, 3.8) is 0 Å². The number of hydrogen-bond acceptors (Lipinski definition) is 5. The number of aromatic nitrogens is 2. The highest BCUT2D eigenvalue weighted by atomic mass is 32.2. The van der Waals surface area contributed by atoms with E-state index in [1.165, 1.54) is 11.8 Å². The first-order valence-electron chi connectivity index (χ1n) is 6.72. The maximum atomic E-state index is 5.75. The zero-order chi connectivity index (χ0) is 15.2. The minimum absolute atomic E-state index is 0.455. The maximum absolute atomic E-state index is 5.75. The van der Waals surface area contributed by atoms with Crippen molar-refractivity contribution < 1.29 is 9.47 Å². The van der Waals surface area contributed by atoms with Gasteiger partial charge in [0.25, 0.3) is 0 Å². The molecule has 0 spiro atoms. The molecule has 1 heterocycles. The number of hydrogen-bond donors (Lipinski definition) is 0. The maximum Gasteiger partial charge on any atom is 0.227 e. The highest BCUT2D eigenvalue weighted by molar-refractivity contribution is 7.98. The van der Waals surface area contributed by atoms with Crippen molar-refractivity contribution in [3.8, 4) is 23.3 Å². The van der Waals surface area contributed by atoms with Crippen LogP contribution >= 0.6 is 11.8 Å². The largest absolute Gasteiger partial charge is 0.439 e. The van der Waals surface area contributed by atoms with Crippen molar-refractivity contribution in [2.45, 2.75) is 5.16 Å². The molecule has 0 aliphatic rings. The predicted molar refractivity (Wildman–Crippen MR) is 86.8 cm³/mol. The second-order valence-electron chi connectivity index (χ2n) is 4.36. The Morgan fingerprint density at radius 2 is 1.18 bits per heavy atom. The molecule has 110 valence electrons. The van der Waals surface area contributed by atoms with Gasteiger partial charge in [-0.15, -0.1) is 0 Å².